The molecular weight excluding hydrogens is 458 g/mol. The molecule has 2 heterocycles. The highest BCUT2D eigenvalue weighted by Crippen LogP contribution is 2.28. The maximum absolute atomic E-state index is 14.8. The minimum Gasteiger partial charge on any atom is -0.494 e. The van der Waals surface area contributed by atoms with E-state index in [-0.39, 0.29) is 23.5 Å². The lowest BCUT2D eigenvalue weighted by atomic mass is 10.0. The van der Waals surface area contributed by atoms with Crippen LogP contribution in [0.2, 0.25) is 0 Å². The summed E-state index contributed by atoms with van der Waals surface area (Å²) in [4.78, 5) is 22.7. The first-order valence-corrected chi connectivity index (χ1v) is 11.4. The molecule has 0 saturated carbocycles. The number of benzene rings is 1. The molecule has 1 aromatic carbocycles. The van der Waals surface area contributed by atoms with E-state index in [1.807, 2.05) is 10.9 Å². The van der Waals surface area contributed by atoms with Gasteiger partial charge >= 0.3 is 0 Å². The van der Waals surface area contributed by atoms with Crippen molar-refractivity contribution in [3.63, 3.8) is 0 Å². The minimum absolute atomic E-state index is 0.0726. The van der Waals surface area contributed by atoms with Gasteiger partial charge in [0.1, 0.15) is 12.4 Å². The predicted molar refractivity (Wildman–Crippen MR) is 127 cm³/mol. The van der Waals surface area contributed by atoms with Crippen molar-refractivity contribution in [2.45, 2.75) is 40.3 Å². The van der Waals surface area contributed by atoms with Crippen molar-refractivity contribution < 1.29 is 23.0 Å². The number of hydrogen-bond donors (Lipinski definition) is 1. The molecule has 188 valence electrons. The zero-order chi connectivity index (χ0) is 25.4. The Labute approximate surface area is 203 Å². The van der Waals surface area contributed by atoms with Crippen molar-refractivity contribution >= 4 is 17.4 Å². The fourth-order valence-corrected chi connectivity index (χ4v) is 3.41. The quantitative estimate of drug-likeness (QED) is 0.358. The second-order valence-corrected chi connectivity index (χ2v) is 7.68. The molecule has 0 aliphatic carbocycles. The summed E-state index contributed by atoms with van der Waals surface area (Å²) in [7, 11) is 1.25. The number of ketones is 1. The second-order valence-electron chi connectivity index (χ2n) is 7.68. The number of halogens is 2. The average Bonchev–Trinajstić information content (AvgIpc) is 3.32. The van der Waals surface area contributed by atoms with Crippen LogP contribution in [0.3, 0.4) is 0 Å². The standard InChI is InChI=1S/C24H30F2N6O3/c1-5-20(33)18-10-21(34-4)23(26)19(22(18)25)15-35-17-12-27-24(28-13-17)30-16-11-29-32(14-16)9-8-31(6-2)7-3/h10-14H,5-9,15H2,1-4H3,(H,27,28,30). The number of carbonyl (C=O) groups is 1. The van der Waals surface area contributed by atoms with E-state index in [0.717, 1.165) is 37.9 Å². The molecule has 11 heteroatoms. The van der Waals surface area contributed by atoms with Crippen molar-refractivity contribution in [2.24, 2.45) is 0 Å². The number of rotatable bonds is 13. The summed E-state index contributed by atoms with van der Waals surface area (Å²) in [6.45, 7) is 9.02. The van der Waals surface area contributed by atoms with Gasteiger partial charge in [-0.3, -0.25) is 9.48 Å². The number of ether oxygens (including phenoxy) is 2. The van der Waals surface area contributed by atoms with E-state index in [0.29, 0.717) is 5.95 Å². The van der Waals surface area contributed by atoms with Crippen LogP contribution < -0.4 is 14.8 Å². The Morgan fingerprint density at radius 1 is 1.11 bits per heavy atom. The van der Waals surface area contributed by atoms with E-state index in [4.69, 9.17) is 9.47 Å². The van der Waals surface area contributed by atoms with Crippen molar-refractivity contribution in [2.75, 3.05) is 32.1 Å². The Morgan fingerprint density at radius 3 is 2.46 bits per heavy atom. The molecule has 0 spiro atoms. The normalized spacial score (nSPS) is 11.1. The number of nitrogens with one attached hydrogen (secondary N) is 1. The van der Waals surface area contributed by atoms with Gasteiger partial charge in [0.2, 0.25) is 5.95 Å². The van der Waals surface area contributed by atoms with Gasteiger partial charge in [0.25, 0.3) is 0 Å². The van der Waals surface area contributed by atoms with Gasteiger partial charge in [0.15, 0.2) is 23.1 Å². The van der Waals surface area contributed by atoms with Gasteiger partial charge in [-0.1, -0.05) is 20.8 Å². The van der Waals surface area contributed by atoms with Crippen molar-refractivity contribution in [1.82, 2.24) is 24.6 Å². The smallest absolute Gasteiger partial charge is 0.227 e. The van der Waals surface area contributed by atoms with Crippen molar-refractivity contribution in [3.8, 4) is 11.5 Å². The van der Waals surface area contributed by atoms with E-state index in [1.165, 1.54) is 19.5 Å². The van der Waals surface area contributed by atoms with Crippen LogP contribution in [0.4, 0.5) is 20.4 Å². The Hall–Kier alpha value is -3.60. The molecule has 0 radical (unpaired) electrons. The van der Waals surface area contributed by atoms with Gasteiger partial charge in [-0.25, -0.2) is 18.7 Å². The number of anilines is 2. The first-order valence-electron chi connectivity index (χ1n) is 11.4. The van der Waals surface area contributed by atoms with Gasteiger partial charge in [-0.2, -0.15) is 5.10 Å². The Kier molecular flexibility index (Phi) is 9.07. The number of Topliss-reactive ketones (excluding diaryl/α,β-unsaturated/α-hetero) is 1. The fraction of sp³-hybridized carbons (Fsp3) is 0.417. The molecule has 0 aliphatic rings. The third-order valence-corrected chi connectivity index (χ3v) is 5.54. The lowest BCUT2D eigenvalue weighted by Crippen LogP contribution is -2.27. The van der Waals surface area contributed by atoms with E-state index >= 15 is 0 Å². The van der Waals surface area contributed by atoms with E-state index in [2.05, 4.69) is 39.1 Å². The predicted octanol–water partition coefficient (Wildman–Crippen LogP) is 4.22. The highest BCUT2D eigenvalue weighted by atomic mass is 19.1. The van der Waals surface area contributed by atoms with Gasteiger partial charge in [0, 0.05) is 19.2 Å². The van der Waals surface area contributed by atoms with Crippen LogP contribution in [0.1, 0.15) is 43.1 Å². The highest BCUT2D eigenvalue weighted by Gasteiger charge is 2.23. The largest absolute Gasteiger partial charge is 0.494 e. The summed E-state index contributed by atoms with van der Waals surface area (Å²) in [5.41, 5.74) is 0.0881. The zero-order valence-corrected chi connectivity index (χ0v) is 20.3. The molecule has 0 unspecified atom stereocenters. The Morgan fingerprint density at radius 2 is 1.83 bits per heavy atom. The van der Waals surface area contributed by atoms with Crippen molar-refractivity contribution in [3.05, 3.63) is 53.6 Å². The number of hydrogen-bond acceptors (Lipinski definition) is 8. The monoisotopic (exact) mass is 488 g/mol. The zero-order valence-electron chi connectivity index (χ0n) is 20.3. The minimum atomic E-state index is -0.965. The number of aromatic nitrogens is 4. The Balaban J connectivity index is 1.63. The lowest BCUT2D eigenvalue weighted by molar-refractivity contribution is 0.0983. The molecule has 2 aromatic heterocycles. The SMILES string of the molecule is CCC(=O)c1cc(OC)c(F)c(COc2cnc(Nc3cnn(CCN(CC)CC)c3)nc2)c1F. The molecule has 0 atom stereocenters. The summed E-state index contributed by atoms with van der Waals surface area (Å²) in [6.07, 6.45) is 6.38. The molecule has 9 nitrogen and oxygen atoms in total. The molecule has 35 heavy (non-hydrogen) atoms. The van der Waals surface area contributed by atoms with Crippen molar-refractivity contribution in [1.29, 1.82) is 0 Å². The molecule has 0 saturated heterocycles. The van der Waals surface area contributed by atoms with Crippen LogP contribution >= 0.6 is 0 Å². The molecule has 0 amide bonds. The van der Waals surface area contributed by atoms with E-state index < -0.39 is 29.6 Å². The van der Waals surface area contributed by atoms with Gasteiger partial charge in [0.05, 0.1) is 49.1 Å². The van der Waals surface area contributed by atoms with Gasteiger partial charge in [-0.15, -0.1) is 0 Å². The Bertz CT molecular complexity index is 1130. The van der Waals surface area contributed by atoms with Crippen LogP contribution in [-0.2, 0) is 13.2 Å². The summed E-state index contributed by atoms with van der Waals surface area (Å²) >= 11 is 0. The van der Waals surface area contributed by atoms with E-state index in [1.54, 1.807) is 13.1 Å². The van der Waals surface area contributed by atoms with Crippen LogP contribution in [0.25, 0.3) is 0 Å². The van der Waals surface area contributed by atoms with Gasteiger partial charge in [-0.05, 0) is 19.2 Å². The summed E-state index contributed by atoms with van der Waals surface area (Å²) in [5, 5.41) is 7.38. The molecule has 0 fully saturated rings. The molecule has 1 N–H and O–H groups in total. The number of likely N-dealkylation sites (N-methyl/N-ethyl adjacent to an activating group) is 1. The molecule has 0 aliphatic heterocycles. The molecule has 0 bridgehead atoms. The van der Waals surface area contributed by atoms with Gasteiger partial charge < -0.3 is 19.7 Å². The topological polar surface area (TPSA) is 94.4 Å². The van der Waals surface area contributed by atoms with Crippen LogP contribution in [0.5, 0.6) is 11.5 Å². The molecular formula is C24H30F2N6O3. The highest BCUT2D eigenvalue weighted by molar-refractivity contribution is 5.96. The second kappa shape index (κ2) is 12.2. The fourth-order valence-electron chi connectivity index (χ4n) is 3.41. The summed E-state index contributed by atoms with van der Waals surface area (Å²) in [5.74, 6) is -2.06. The maximum Gasteiger partial charge on any atom is 0.227 e. The summed E-state index contributed by atoms with van der Waals surface area (Å²) in [6, 6.07) is 1.06. The first kappa shape index (κ1) is 26.0. The van der Waals surface area contributed by atoms with E-state index in [9.17, 15) is 13.6 Å². The third kappa shape index (κ3) is 6.50. The number of nitrogens with zero attached hydrogens (tertiary/aromatic N) is 5. The van der Waals surface area contributed by atoms with Crippen LogP contribution in [0, 0.1) is 11.6 Å². The lowest BCUT2D eigenvalue weighted by Gasteiger charge is -2.17. The number of methoxy groups -OCH3 is 1. The number of carbonyl (C=O) groups excluding carboxylic acids is 1. The van der Waals surface area contributed by atoms with Crippen LogP contribution in [0.15, 0.2) is 30.9 Å². The molecule has 3 rings (SSSR count). The average molecular weight is 489 g/mol. The molecule has 3 aromatic rings. The third-order valence-electron chi connectivity index (χ3n) is 5.54. The summed E-state index contributed by atoms with van der Waals surface area (Å²) < 4.78 is 41.7. The van der Waals surface area contributed by atoms with Crippen LogP contribution in [-0.4, -0.2) is 57.2 Å². The maximum atomic E-state index is 14.8. The first-order chi connectivity index (χ1) is 16.9.